The molecule has 1 heterocycles. The molecule has 0 aliphatic rings. The second-order valence-electron chi connectivity index (χ2n) is 3.98. The van der Waals surface area contributed by atoms with Gasteiger partial charge in [-0.25, -0.2) is 4.79 Å². The number of amides is 1. The molecule has 0 saturated carbocycles. The van der Waals surface area contributed by atoms with Crippen molar-refractivity contribution in [2.75, 3.05) is 20.2 Å². The lowest BCUT2D eigenvalue weighted by Gasteiger charge is -2.15. The monoisotopic (exact) mass is 255 g/mol. The van der Waals surface area contributed by atoms with Crippen molar-refractivity contribution in [2.24, 2.45) is 0 Å². The van der Waals surface area contributed by atoms with Gasteiger partial charge in [-0.05, 0) is 31.4 Å². The van der Waals surface area contributed by atoms with Crippen molar-refractivity contribution in [3.05, 3.63) is 23.7 Å². The van der Waals surface area contributed by atoms with Gasteiger partial charge in [0, 0.05) is 20.2 Å². The van der Waals surface area contributed by atoms with Gasteiger partial charge in [-0.2, -0.15) is 0 Å². The van der Waals surface area contributed by atoms with Crippen LogP contribution in [0.5, 0.6) is 0 Å². The van der Waals surface area contributed by atoms with Crippen LogP contribution in [0.4, 0.5) is 0 Å². The molecule has 0 bridgehead atoms. The number of carboxylic acids is 1. The number of rotatable bonds is 7. The summed E-state index contributed by atoms with van der Waals surface area (Å²) >= 11 is 0. The Bertz CT molecular complexity index is 412. The Kier molecular flexibility index (Phi) is 5.38. The molecule has 0 saturated heterocycles. The second-order valence-corrected chi connectivity index (χ2v) is 3.98. The zero-order valence-electron chi connectivity index (χ0n) is 10.3. The van der Waals surface area contributed by atoms with Crippen LogP contribution < -0.4 is 0 Å². The molecule has 6 heteroatoms. The van der Waals surface area contributed by atoms with Gasteiger partial charge < -0.3 is 19.5 Å². The fraction of sp³-hybridized carbons (Fsp3) is 0.500. The van der Waals surface area contributed by atoms with Gasteiger partial charge in [0.25, 0.3) is 5.91 Å². The molecular formula is C12H17NO5. The molecule has 1 amide bonds. The number of carbonyl (C=O) groups excluding carboxylic acids is 1. The van der Waals surface area contributed by atoms with E-state index in [1.807, 2.05) is 0 Å². The highest BCUT2D eigenvalue weighted by molar-refractivity contribution is 5.93. The van der Waals surface area contributed by atoms with E-state index in [1.165, 1.54) is 17.0 Å². The van der Waals surface area contributed by atoms with Crippen molar-refractivity contribution in [2.45, 2.75) is 19.3 Å². The molecule has 1 aromatic rings. The van der Waals surface area contributed by atoms with Crippen molar-refractivity contribution >= 4 is 11.9 Å². The number of carboxylic acid groups (broad SMARTS) is 1. The summed E-state index contributed by atoms with van der Waals surface area (Å²) in [5, 5.41) is 17.3. The quantitative estimate of drug-likeness (QED) is 0.715. The van der Waals surface area contributed by atoms with Crippen LogP contribution in [0.2, 0.25) is 0 Å². The van der Waals surface area contributed by atoms with Crippen molar-refractivity contribution in [1.29, 1.82) is 0 Å². The summed E-state index contributed by atoms with van der Waals surface area (Å²) in [7, 11) is 1.63. The largest absolute Gasteiger partial charge is 0.475 e. The summed E-state index contributed by atoms with van der Waals surface area (Å²) < 4.78 is 4.92. The Labute approximate surface area is 105 Å². The highest BCUT2D eigenvalue weighted by atomic mass is 16.4. The molecule has 0 atom stereocenters. The van der Waals surface area contributed by atoms with Crippen molar-refractivity contribution in [3.8, 4) is 0 Å². The predicted molar refractivity (Wildman–Crippen MR) is 63.6 cm³/mol. The molecule has 2 N–H and O–H groups in total. The van der Waals surface area contributed by atoms with E-state index >= 15 is 0 Å². The second kappa shape index (κ2) is 6.80. The summed E-state index contributed by atoms with van der Waals surface area (Å²) in [4.78, 5) is 23.9. The first-order valence-corrected chi connectivity index (χ1v) is 5.75. The van der Waals surface area contributed by atoms with Crippen LogP contribution in [-0.4, -0.2) is 47.2 Å². The normalized spacial score (nSPS) is 10.3. The van der Waals surface area contributed by atoms with E-state index in [2.05, 4.69) is 0 Å². The maximum atomic E-state index is 11.8. The third-order valence-corrected chi connectivity index (χ3v) is 2.53. The zero-order valence-corrected chi connectivity index (χ0v) is 10.3. The Morgan fingerprint density at radius 1 is 1.22 bits per heavy atom. The molecule has 100 valence electrons. The number of furan rings is 1. The molecule has 1 aromatic heterocycles. The molecule has 0 aliphatic heterocycles. The van der Waals surface area contributed by atoms with Gasteiger partial charge in [-0.3, -0.25) is 4.79 Å². The Balaban J connectivity index is 2.49. The van der Waals surface area contributed by atoms with Crippen LogP contribution in [0, 0.1) is 0 Å². The summed E-state index contributed by atoms with van der Waals surface area (Å²) in [6.45, 7) is 0.694. The van der Waals surface area contributed by atoms with E-state index in [-0.39, 0.29) is 24.0 Å². The molecule has 0 spiro atoms. The Hall–Kier alpha value is -1.82. The molecular weight excluding hydrogens is 238 g/mol. The molecule has 0 fully saturated rings. The summed E-state index contributed by atoms with van der Waals surface area (Å²) in [6.07, 6.45) is 2.34. The molecule has 0 aromatic carbocycles. The van der Waals surface area contributed by atoms with Crippen molar-refractivity contribution in [3.63, 3.8) is 0 Å². The van der Waals surface area contributed by atoms with E-state index in [1.54, 1.807) is 7.05 Å². The summed E-state index contributed by atoms with van der Waals surface area (Å²) in [6, 6.07) is 2.62. The van der Waals surface area contributed by atoms with Crippen LogP contribution in [0.1, 0.15) is 40.4 Å². The van der Waals surface area contributed by atoms with Gasteiger partial charge in [0.15, 0.2) is 5.76 Å². The third kappa shape index (κ3) is 3.89. The number of carbonyl (C=O) groups is 2. The number of nitrogens with zero attached hydrogens (tertiary/aromatic N) is 1. The Morgan fingerprint density at radius 2 is 1.89 bits per heavy atom. The fourth-order valence-corrected chi connectivity index (χ4v) is 1.49. The number of aromatic carboxylic acids is 1. The summed E-state index contributed by atoms with van der Waals surface area (Å²) in [5.41, 5.74) is 0. The summed E-state index contributed by atoms with van der Waals surface area (Å²) in [5.74, 6) is -1.75. The predicted octanol–water partition coefficient (Wildman–Crippen LogP) is 1.21. The number of unbranched alkanes of at least 4 members (excludes halogenated alkanes) is 2. The number of hydrogen-bond acceptors (Lipinski definition) is 4. The first-order chi connectivity index (χ1) is 8.56. The minimum absolute atomic E-state index is 0.0251. The lowest BCUT2D eigenvalue weighted by molar-refractivity contribution is 0.0653. The smallest absolute Gasteiger partial charge is 0.371 e. The molecule has 0 radical (unpaired) electrons. The topological polar surface area (TPSA) is 91.0 Å². The minimum Gasteiger partial charge on any atom is -0.475 e. The first-order valence-electron chi connectivity index (χ1n) is 5.75. The number of aliphatic hydroxyl groups excluding tert-OH is 1. The number of aliphatic hydroxyl groups is 1. The van der Waals surface area contributed by atoms with Crippen LogP contribution in [0.3, 0.4) is 0 Å². The van der Waals surface area contributed by atoms with E-state index in [0.29, 0.717) is 13.0 Å². The average Bonchev–Trinajstić information content (AvgIpc) is 2.83. The van der Waals surface area contributed by atoms with Gasteiger partial charge in [0.05, 0.1) is 0 Å². The lowest BCUT2D eigenvalue weighted by atomic mass is 10.2. The van der Waals surface area contributed by atoms with E-state index in [9.17, 15) is 9.59 Å². The minimum atomic E-state index is -1.19. The van der Waals surface area contributed by atoms with Gasteiger partial charge in [0.2, 0.25) is 5.76 Å². The van der Waals surface area contributed by atoms with Gasteiger partial charge in [-0.15, -0.1) is 0 Å². The maximum absolute atomic E-state index is 11.8. The molecule has 6 nitrogen and oxygen atoms in total. The SMILES string of the molecule is CN(CCCCCO)C(=O)c1ccc(C(=O)O)o1. The molecule has 1 rings (SSSR count). The van der Waals surface area contributed by atoms with Crippen molar-refractivity contribution < 1.29 is 24.2 Å². The molecule has 18 heavy (non-hydrogen) atoms. The van der Waals surface area contributed by atoms with E-state index in [0.717, 1.165) is 12.8 Å². The van der Waals surface area contributed by atoms with E-state index in [4.69, 9.17) is 14.6 Å². The van der Waals surface area contributed by atoms with E-state index < -0.39 is 5.97 Å². The first kappa shape index (κ1) is 14.2. The fourth-order valence-electron chi connectivity index (χ4n) is 1.49. The van der Waals surface area contributed by atoms with Crippen LogP contribution >= 0.6 is 0 Å². The highest BCUT2D eigenvalue weighted by Gasteiger charge is 2.17. The van der Waals surface area contributed by atoms with Gasteiger partial charge >= 0.3 is 5.97 Å². The highest BCUT2D eigenvalue weighted by Crippen LogP contribution is 2.10. The standard InChI is InChI=1S/C12H17NO5/c1-13(7-3-2-4-8-14)11(15)9-5-6-10(18-9)12(16)17/h5-6,14H,2-4,7-8H2,1H3,(H,16,17). The maximum Gasteiger partial charge on any atom is 0.371 e. The van der Waals surface area contributed by atoms with Gasteiger partial charge in [-0.1, -0.05) is 0 Å². The molecule has 0 aliphatic carbocycles. The van der Waals surface area contributed by atoms with Crippen molar-refractivity contribution in [1.82, 2.24) is 4.90 Å². The van der Waals surface area contributed by atoms with Gasteiger partial charge in [0.1, 0.15) is 0 Å². The third-order valence-electron chi connectivity index (χ3n) is 2.53. The van der Waals surface area contributed by atoms with Crippen LogP contribution in [0.15, 0.2) is 16.5 Å². The Morgan fingerprint density at radius 3 is 2.44 bits per heavy atom. The van der Waals surface area contributed by atoms with Crippen LogP contribution in [-0.2, 0) is 0 Å². The average molecular weight is 255 g/mol. The number of hydrogen-bond donors (Lipinski definition) is 2. The van der Waals surface area contributed by atoms with Crippen LogP contribution in [0.25, 0.3) is 0 Å². The lowest BCUT2D eigenvalue weighted by Crippen LogP contribution is -2.27. The molecule has 0 unspecified atom stereocenters. The zero-order chi connectivity index (χ0) is 13.5.